The Hall–Kier alpha value is -1.06. The molecule has 1 aromatic rings. The van der Waals surface area contributed by atoms with Crippen molar-refractivity contribution in [1.82, 2.24) is 4.90 Å². The Labute approximate surface area is 122 Å². The summed E-state index contributed by atoms with van der Waals surface area (Å²) in [6.07, 6.45) is 1.30. The van der Waals surface area contributed by atoms with Crippen LogP contribution in [-0.4, -0.2) is 48.3 Å². The van der Waals surface area contributed by atoms with Crippen LogP contribution < -0.4 is 4.90 Å². The highest BCUT2D eigenvalue weighted by Gasteiger charge is 2.43. The second-order valence-corrected chi connectivity index (χ2v) is 7.21. The van der Waals surface area contributed by atoms with Crippen LogP contribution in [0, 0.1) is 0 Å². The molecule has 3 nitrogen and oxygen atoms in total. The average molecular weight is 274 g/mol. The zero-order valence-electron chi connectivity index (χ0n) is 12.8. The Morgan fingerprint density at radius 2 is 1.70 bits per heavy atom. The summed E-state index contributed by atoms with van der Waals surface area (Å²) in [6.45, 7) is 10.1. The van der Waals surface area contributed by atoms with E-state index in [-0.39, 0.29) is 12.0 Å². The van der Waals surface area contributed by atoms with Crippen LogP contribution in [0.15, 0.2) is 24.3 Å². The Balaban J connectivity index is 1.67. The first-order valence-electron chi connectivity index (χ1n) is 7.71. The van der Waals surface area contributed by atoms with Gasteiger partial charge in [0.15, 0.2) is 0 Å². The van der Waals surface area contributed by atoms with Gasteiger partial charge in [0.1, 0.15) is 0 Å². The van der Waals surface area contributed by atoms with Gasteiger partial charge in [-0.2, -0.15) is 0 Å². The van der Waals surface area contributed by atoms with Gasteiger partial charge in [-0.05, 0) is 29.5 Å². The fourth-order valence-corrected chi connectivity index (χ4v) is 3.55. The number of benzene rings is 1. The lowest BCUT2D eigenvalue weighted by atomic mass is 9.85. The predicted octanol–water partition coefficient (Wildman–Crippen LogP) is 2.24. The van der Waals surface area contributed by atoms with Crippen molar-refractivity contribution in [3.63, 3.8) is 0 Å². The molecule has 0 saturated carbocycles. The van der Waals surface area contributed by atoms with Gasteiger partial charge in [-0.15, -0.1) is 0 Å². The van der Waals surface area contributed by atoms with Crippen LogP contribution in [0.3, 0.4) is 0 Å². The van der Waals surface area contributed by atoms with Crippen LogP contribution in [0.25, 0.3) is 0 Å². The van der Waals surface area contributed by atoms with E-state index in [9.17, 15) is 0 Å². The molecule has 20 heavy (non-hydrogen) atoms. The number of fused-ring (bicyclic) bond motifs is 2. The number of hydrogen-bond acceptors (Lipinski definition) is 3. The van der Waals surface area contributed by atoms with Crippen LogP contribution in [0.5, 0.6) is 0 Å². The molecule has 1 aromatic carbocycles. The summed E-state index contributed by atoms with van der Waals surface area (Å²) in [5.41, 5.74) is 2.96. The first-order chi connectivity index (χ1) is 9.49. The number of rotatable bonds is 3. The summed E-state index contributed by atoms with van der Waals surface area (Å²) < 4.78 is 0. The zero-order valence-corrected chi connectivity index (χ0v) is 12.8. The first kappa shape index (κ1) is 13.9. The van der Waals surface area contributed by atoms with Gasteiger partial charge < -0.3 is 10.0 Å². The lowest BCUT2D eigenvalue weighted by Crippen LogP contribution is -2.69. The van der Waals surface area contributed by atoms with Crippen molar-refractivity contribution in [3.8, 4) is 0 Å². The van der Waals surface area contributed by atoms with Gasteiger partial charge in [0, 0.05) is 37.4 Å². The lowest BCUT2D eigenvalue weighted by Gasteiger charge is -2.57. The molecule has 1 N–H and O–H groups in total. The number of aliphatic hydroxyl groups is 1. The van der Waals surface area contributed by atoms with Crippen molar-refractivity contribution < 1.29 is 5.11 Å². The summed E-state index contributed by atoms with van der Waals surface area (Å²) >= 11 is 0. The van der Waals surface area contributed by atoms with E-state index in [0.29, 0.717) is 12.1 Å². The van der Waals surface area contributed by atoms with Crippen LogP contribution in [0.1, 0.15) is 32.8 Å². The topological polar surface area (TPSA) is 26.7 Å². The fourth-order valence-electron chi connectivity index (χ4n) is 3.55. The molecular formula is C17H26N2O. The van der Waals surface area contributed by atoms with Gasteiger partial charge in [0.2, 0.25) is 0 Å². The van der Waals surface area contributed by atoms with Crippen molar-refractivity contribution in [2.24, 2.45) is 0 Å². The van der Waals surface area contributed by atoms with E-state index in [1.165, 1.54) is 17.7 Å². The Kier molecular flexibility index (Phi) is 3.51. The van der Waals surface area contributed by atoms with Crippen LogP contribution in [0.4, 0.5) is 5.69 Å². The van der Waals surface area contributed by atoms with Gasteiger partial charge in [-0.3, -0.25) is 4.90 Å². The summed E-state index contributed by atoms with van der Waals surface area (Å²) in [5, 5.41) is 9.09. The molecule has 3 heterocycles. The molecule has 2 atom stereocenters. The third-order valence-electron chi connectivity index (χ3n) is 4.80. The predicted molar refractivity (Wildman–Crippen MR) is 83.3 cm³/mol. The van der Waals surface area contributed by atoms with Gasteiger partial charge in [-0.1, -0.05) is 32.9 Å². The number of piperazine rings is 1. The summed E-state index contributed by atoms with van der Waals surface area (Å²) in [5.74, 6) is 0. The largest absolute Gasteiger partial charge is 0.395 e. The smallest absolute Gasteiger partial charge is 0.0558 e. The van der Waals surface area contributed by atoms with Gasteiger partial charge in [0.05, 0.1) is 6.61 Å². The van der Waals surface area contributed by atoms with Crippen molar-refractivity contribution in [2.45, 2.75) is 44.7 Å². The SMILES string of the molecule is CC(C)(C)c1ccc(N2CC3CC(C2)N3CCO)cc1. The fraction of sp³-hybridized carbons (Fsp3) is 0.647. The number of nitrogens with zero attached hydrogens (tertiary/aromatic N) is 2. The first-order valence-corrected chi connectivity index (χ1v) is 7.71. The normalized spacial score (nSPS) is 26.5. The van der Waals surface area contributed by atoms with E-state index in [0.717, 1.165) is 19.6 Å². The third kappa shape index (κ3) is 2.45. The highest BCUT2D eigenvalue weighted by molar-refractivity contribution is 5.50. The molecule has 0 radical (unpaired) electrons. The zero-order chi connectivity index (χ0) is 14.3. The van der Waals surface area contributed by atoms with Crippen molar-refractivity contribution in [2.75, 3.05) is 31.1 Å². The molecule has 110 valence electrons. The number of piperidine rings is 1. The van der Waals surface area contributed by atoms with E-state index in [1.54, 1.807) is 0 Å². The quantitative estimate of drug-likeness (QED) is 0.916. The Morgan fingerprint density at radius 3 is 2.20 bits per heavy atom. The molecule has 2 unspecified atom stereocenters. The molecule has 3 aliphatic heterocycles. The minimum absolute atomic E-state index is 0.223. The number of anilines is 1. The van der Waals surface area contributed by atoms with E-state index in [4.69, 9.17) is 5.11 Å². The minimum Gasteiger partial charge on any atom is -0.395 e. The number of aliphatic hydroxyl groups excluding tert-OH is 1. The summed E-state index contributed by atoms with van der Waals surface area (Å²) in [6, 6.07) is 10.3. The molecule has 3 heteroatoms. The van der Waals surface area contributed by atoms with E-state index in [1.807, 2.05) is 0 Å². The molecule has 3 fully saturated rings. The second-order valence-electron chi connectivity index (χ2n) is 7.21. The van der Waals surface area contributed by atoms with Crippen LogP contribution in [-0.2, 0) is 5.41 Å². The average Bonchev–Trinajstić information content (AvgIpc) is 2.44. The molecule has 0 aromatic heterocycles. The maximum atomic E-state index is 9.09. The van der Waals surface area contributed by atoms with Gasteiger partial charge in [-0.25, -0.2) is 0 Å². The third-order valence-corrected chi connectivity index (χ3v) is 4.80. The van der Waals surface area contributed by atoms with E-state index in [2.05, 4.69) is 54.8 Å². The van der Waals surface area contributed by atoms with Gasteiger partial charge >= 0.3 is 0 Å². The molecular weight excluding hydrogens is 248 g/mol. The maximum Gasteiger partial charge on any atom is 0.0558 e. The van der Waals surface area contributed by atoms with Crippen LogP contribution in [0.2, 0.25) is 0 Å². The van der Waals surface area contributed by atoms with Crippen LogP contribution >= 0.6 is 0 Å². The van der Waals surface area contributed by atoms with Crippen molar-refractivity contribution in [1.29, 1.82) is 0 Å². The lowest BCUT2D eigenvalue weighted by molar-refractivity contribution is -0.0122. The molecule has 0 spiro atoms. The second kappa shape index (κ2) is 5.05. The summed E-state index contributed by atoms with van der Waals surface area (Å²) in [7, 11) is 0. The summed E-state index contributed by atoms with van der Waals surface area (Å²) in [4.78, 5) is 4.96. The highest BCUT2D eigenvalue weighted by Crippen LogP contribution is 2.34. The maximum absolute atomic E-state index is 9.09. The molecule has 3 saturated heterocycles. The van der Waals surface area contributed by atoms with E-state index < -0.39 is 0 Å². The molecule has 0 amide bonds. The molecule has 3 aliphatic rings. The molecule has 2 bridgehead atoms. The van der Waals surface area contributed by atoms with Crippen molar-refractivity contribution >= 4 is 5.69 Å². The molecule has 0 aliphatic carbocycles. The monoisotopic (exact) mass is 274 g/mol. The van der Waals surface area contributed by atoms with Crippen molar-refractivity contribution in [3.05, 3.63) is 29.8 Å². The Morgan fingerprint density at radius 1 is 1.10 bits per heavy atom. The minimum atomic E-state index is 0.223. The molecule has 4 rings (SSSR count). The Bertz CT molecular complexity index is 451. The van der Waals surface area contributed by atoms with E-state index >= 15 is 0 Å². The number of hydrogen-bond donors (Lipinski definition) is 1. The standard InChI is InChI=1S/C17H26N2O/c1-17(2,3)13-4-6-14(7-5-13)18-11-15-10-16(12-18)19(15)8-9-20/h4-7,15-16,20H,8-12H2,1-3H3. The highest BCUT2D eigenvalue weighted by atomic mass is 16.3. The van der Waals surface area contributed by atoms with Gasteiger partial charge in [0.25, 0.3) is 0 Å².